The van der Waals surface area contributed by atoms with E-state index in [0.29, 0.717) is 38.5 Å². The summed E-state index contributed by atoms with van der Waals surface area (Å²) in [5.74, 6) is -0.141. The first-order chi connectivity index (χ1) is 11.2. The fourth-order valence-electron chi connectivity index (χ4n) is 2.69. The zero-order valence-corrected chi connectivity index (χ0v) is 12.8. The number of morpholine rings is 1. The molecule has 1 saturated heterocycles. The lowest BCUT2D eigenvalue weighted by Crippen LogP contribution is -2.42. The fourth-order valence-corrected chi connectivity index (χ4v) is 2.69. The molecule has 1 aromatic carbocycles. The van der Waals surface area contributed by atoms with Gasteiger partial charge in [-0.1, -0.05) is 0 Å². The van der Waals surface area contributed by atoms with Gasteiger partial charge in [-0.25, -0.2) is 0 Å². The predicted molar refractivity (Wildman–Crippen MR) is 87.0 cm³/mol. The number of aromatic nitrogens is 1. The molecule has 3 rings (SSSR count). The van der Waals surface area contributed by atoms with Gasteiger partial charge >= 0.3 is 0 Å². The lowest BCUT2D eigenvalue weighted by atomic mass is 10.2. The summed E-state index contributed by atoms with van der Waals surface area (Å²) in [7, 11) is 0. The quantitative estimate of drug-likeness (QED) is 0.854. The van der Waals surface area contributed by atoms with Crippen molar-refractivity contribution in [2.75, 3.05) is 38.2 Å². The van der Waals surface area contributed by atoms with E-state index in [0.717, 1.165) is 10.9 Å². The molecule has 0 atom stereocenters. The van der Waals surface area contributed by atoms with Crippen LogP contribution in [0.4, 0.5) is 5.69 Å². The van der Waals surface area contributed by atoms with Crippen molar-refractivity contribution in [2.24, 2.45) is 5.73 Å². The number of carbonyl (C=O) groups is 2. The third kappa shape index (κ3) is 3.52. The Bertz CT molecular complexity index is 719. The van der Waals surface area contributed by atoms with E-state index in [9.17, 15) is 9.59 Å². The van der Waals surface area contributed by atoms with E-state index in [4.69, 9.17) is 10.5 Å². The van der Waals surface area contributed by atoms with Gasteiger partial charge in [-0.3, -0.25) is 9.59 Å². The molecule has 122 valence electrons. The van der Waals surface area contributed by atoms with Crippen LogP contribution in [0.15, 0.2) is 30.5 Å². The summed E-state index contributed by atoms with van der Waals surface area (Å²) >= 11 is 0. The Balaban J connectivity index is 1.74. The summed E-state index contributed by atoms with van der Waals surface area (Å²) in [5.41, 5.74) is 6.95. The number of carbonyl (C=O) groups excluding carboxylic acids is 2. The van der Waals surface area contributed by atoms with Crippen LogP contribution in [0.5, 0.6) is 0 Å². The Morgan fingerprint density at radius 1 is 1.22 bits per heavy atom. The Morgan fingerprint density at radius 3 is 2.74 bits per heavy atom. The maximum atomic E-state index is 12.3. The summed E-state index contributed by atoms with van der Waals surface area (Å²) in [6.07, 6.45) is 1.89. The van der Waals surface area contributed by atoms with Crippen molar-refractivity contribution in [3.05, 3.63) is 30.5 Å². The molecule has 2 aromatic rings. The lowest BCUT2D eigenvalue weighted by Gasteiger charge is -2.27. The number of anilines is 1. The first-order valence-electron chi connectivity index (χ1n) is 7.62. The van der Waals surface area contributed by atoms with Gasteiger partial charge in [-0.2, -0.15) is 0 Å². The van der Waals surface area contributed by atoms with Gasteiger partial charge < -0.3 is 25.3 Å². The van der Waals surface area contributed by atoms with Crippen LogP contribution in [0.1, 0.15) is 0 Å². The molecule has 0 saturated carbocycles. The maximum Gasteiger partial charge on any atom is 0.242 e. The molecule has 0 radical (unpaired) electrons. The molecule has 1 aromatic heterocycles. The molecule has 0 bridgehead atoms. The highest BCUT2D eigenvalue weighted by molar-refractivity contribution is 5.95. The Labute approximate surface area is 134 Å². The molecule has 1 aliphatic heterocycles. The minimum Gasteiger partial charge on any atom is -0.378 e. The normalized spacial score (nSPS) is 14.9. The Kier molecular flexibility index (Phi) is 4.59. The van der Waals surface area contributed by atoms with E-state index in [2.05, 4.69) is 5.32 Å². The van der Waals surface area contributed by atoms with Gasteiger partial charge in [0.15, 0.2) is 0 Å². The first kappa shape index (κ1) is 15.5. The van der Waals surface area contributed by atoms with Crippen molar-refractivity contribution >= 4 is 28.4 Å². The second-order valence-electron chi connectivity index (χ2n) is 5.46. The van der Waals surface area contributed by atoms with Gasteiger partial charge in [0, 0.05) is 35.9 Å². The molecule has 0 spiro atoms. The minimum absolute atomic E-state index is 0.0485. The number of benzene rings is 1. The lowest BCUT2D eigenvalue weighted by molar-refractivity contribution is -0.135. The second-order valence-corrected chi connectivity index (χ2v) is 5.46. The second kappa shape index (κ2) is 6.80. The van der Waals surface area contributed by atoms with Crippen LogP contribution in [-0.4, -0.2) is 54.1 Å². The van der Waals surface area contributed by atoms with Crippen LogP contribution in [0, 0.1) is 0 Å². The third-order valence-corrected chi connectivity index (χ3v) is 3.91. The number of nitrogens with one attached hydrogen (secondary N) is 1. The van der Waals surface area contributed by atoms with Crippen LogP contribution in [0.2, 0.25) is 0 Å². The van der Waals surface area contributed by atoms with Gasteiger partial charge in [0.2, 0.25) is 11.8 Å². The smallest absolute Gasteiger partial charge is 0.242 e. The largest absolute Gasteiger partial charge is 0.378 e. The molecule has 7 nitrogen and oxygen atoms in total. The zero-order chi connectivity index (χ0) is 16.2. The number of ether oxygens (including phenoxy) is 1. The molecule has 0 unspecified atom stereocenters. The van der Waals surface area contributed by atoms with Gasteiger partial charge in [-0.05, 0) is 24.3 Å². The minimum atomic E-state index is -0.230. The summed E-state index contributed by atoms with van der Waals surface area (Å²) < 4.78 is 7.18. The monoisotopic (exact) mass is 316 g/mol. The average Bonchev–Trinajstić information content (AvgIpc) is 2.97. The van der Waals surface area contributed by atoms with E-state index in [-0.39, 0.29) is 18.4 Å². The molecule has 0 aliphatic carbocycles. The highest BCUT2D eigenvalue weighted by atomic mass is 16.5. The standard InChI is InChI=1S/C16H20N4O3/c17-10-15(21)18-13-1-2-14-12(9-13)3-4-20(14)11-16(22)19-5-7-23-8-6-19/h1-4,9H,5-8,10-11,17H2,(H,18,21). The molecule has 1 fully saturated rings. The molecule has 2 heterocycles. The number of amides is 2. The van der Waals surface area contributed by atoms with Crippen LogP contribution in [-0.2, 0) is 20.9 Å². The molecule has 3 N–H and O–H groups in total. The van der Waals surface area contributed by atoms with Crippen molar-refractivity contribution in [2.45, 2.75) is 6.54 Å². The van der Waals surface area contributed by atoms with Gasteiger partial charge in [-0.15, -0.1) is 0 Å². The van der Waals surface area contributed by atoms with Crippen molar-refractivity contribution < 1.29 is 14.3 Å². The van der Waals surface area contributed by atoms with Gasteiger partial charge in [0.1, 0.15) is 6.54 Å². The van der Waals surface area contributed by atoms with E-state index < -0.39 is 0 Å². The molecular weight excluding hydrogens is 296 g/mol. The van der Waals surface area contributed by atoms with Crippen molar-refractivity contribution in [1.29, 1.82) is 0 Å². The van der Waals surface area contributed by atoms with Crippen LogP contribution < -0.4 is 11.1 Å². The van der Waals surface area contributed by atoms with E-state index >= 15 is 0 Å². The zero-order valence-electron chi connectivity index (χ0n) is 12.8. The van der Waals surface area contributed by atoms with Crippen LogP contribution in [0.25, 0.3) is 10.9 Å². The van der Waals surface area contributed by atoms with Crippen molar-refractivity contribution in [3.63, 3.8) is 0 Å². The highest BCUT2D eigenvalue weighted by Gasteiger charge is 2.17. The number of nitrogens with two attached hydrogens (primary N) is 1. The van der Waals surface area contributed by atoms with Crippen LogP contribution >= 0.6 is 0 Å². The van der Waals surface area contributed by atoms with E-state index in [1.54, 1.807) is 0 Å². The van der Waals surface area contributed by atoms with Crippen molar-refractivity contribution in [3.8, 4) is 0 Å². The number of rotatable bonds is 4. The van der Waals surface area contributed by atoms with Gasteiger partial charge in [0.25, 0.3) is 0 Å². The van der Waals surface area contributed by atoms with E-state index in [1.807, 2.05) is 39.9 Å². The molecule has 7 heteroatoms. The summed E-state index contributed by atoms with van der Waals surface area (Å²) in [4.78, 5) is 25.5. The molecule has 2 amide bonds. The van der Waals surface area contributed by atoms with E-state index in [1.165, 1.54) is 0 Å². The summed E-state index contributed by atoms with van der Waals surface area (Å²) in [6.45, 7) is 2.75. The number of hydrogen-bond acceptors (Lipinski definition) is 4. The fraction of sp³-hybridized carbons (Fsp3) is 0.375. The third-order valence-electron chi connectivity index (χ3n) is 3.91. The molecule has 1 aliphatic rings. The SMILES string of the molecule is NCC(=O)Nc1ccc2c(ccn2CC(=O)N2CCOCC2)c1. The predicted octanol–water partition coefficient (Wildman–Crippen LogP) is 0.397. The highest BCUT2D eigenvalue weighted by Crippen LogP contribution is 2.21. The number of fused-ring (bicyclic) bond motifs is 1. The maximum absolute atomic E-state index is 12.3. The van der Waals surface area contributed by atoms with Crippen molar-refractivity contribution in [1.82, 2.24) is 9.47 Å². The number of nitrogens with zero attached hydrogens (tertiary/aromatic N) is 2. The Morgan fingerprint density at radius 2 is 2.00 bits per heavy atom. The number of hydrogen-bond donors (Lipinski definition) is 2. The molecule has 23 heavy (non-hydrogen) atoms. The topological polar surface area (TPSA) is 89.6 Å². The van der Waals surface area contributed by atoms with Gasteiger partial charge in [0.05, 0.1) is 19.8 Å². The first-order valence-corrected chi connectivity index (χ1v) is 7.62. The molecular formula is C16H20N4O3. The summed E-state index contributed by atoms with van der Waals surface area (Å²) in [6, 6.07) is 7.51. The summed E-state index contributed by atoms with van der Waals surface area (Å²) in [5, 5.41) is 3.69. The average molecular weight is 316 g/mol. The van der Waals surface area contributed by atoms with Crippen LogP contribution in [0.3, 0.4) is 0 Å². The Hall–Kier alpha value is -2.38.